The van der Waals surface area contributed by atoms with Crippen LogP contribution in [0.2, 0.25) is 0 Å². The van der Waals surface area contributed by atoms with E-state index in [0.717, 1.165) is 0 Å². The molecule has 1 aliphatic rings. The summed E-state index contributed by atoms with van der Waals surface area (Å²) in [5.41, 5.74) is 9.04. The molecule has 0 aliphatic carbocycles. The van der Waals surface area contributed by atoms with Crippen molar-refractivity contribution in [1.82, 2.24) is 15.4 Å². The Morgan fingerprint density at radius 1 is 1.56 bits per heavy atom. The SMILES string of the molecule is Cc1nc(N)sc1C(=O)NN1CCOCC1. The average Bonchev–Trinajstić information content (AvgIpc) is 2.59. The molecule has 2 heterocycles. The first-order valence-corrected chi connectivity index (χ1v) is 5.85. The summed E-state index contributed by atoms with van der Waals surface area (Å²) in [6, 6.07) is 0. The van der Waals surface area contributed by atoms with Crippen LogP contribution in [0.25, 0.3) is 0 Å². The molecule has 0 bridgehead atoms. The third-order valence-corrected chi connectivity index (χ3v) is 3.28. The molecule has 0 atom stereocenters. The molecule has 1 fully saturated rings. The summed E-state index contributed by atoms with van der Waals surface area (Å²) in [7, 11) is 0. The molecule has 1 saturated heterocycles. The van der Waals surface area contributed by atoms with Crippen LogP contribution in [0.5, 0.6) is 0 Å². The monoisotopic (exact) mass is 242 g/mol. The van der Waals surface area contributed by atoms with Crippen molar-refractivity contribution >= 4 is 22.4 Å². The molecule has 1 aromatic rings. The van der Waals surface area contributed by atoms with Crippen LogP contribution in [0.3, 0.4) is 0 Å². The lowest BCUT2D eigenvalue weighted by Gasteiger charge is -2.26. The molecular formula is C9H14N4O2S. The third-order valence-electron chi connectivity index (χ3n) is 2.29. The van der Waals surface area contributed by atoms with Crippen molar-refractivity contribution in [2.75, 3.05) is 32.0 Å². The Balaban J connectivity index is 1.99. The fourth-order valence-corrected chi connectivity index (χ4v) is 2.22. The summed E-state index contributed by atoms with van der Waals surface area (Å²) in [5.74, 6) is -0.145. The molecule has 0 unspecified atom stereocenters. The predicted octanol–water partition coefficient (Wildman–Crippen LogP) is 0.0107. The lowest BCUT2D eigenvalue weighted by Crippen LogP contribution is -2.48. The number of nitrogens with zero attached hydrogens (tertiary/aromatic N) is 2. The predicted molar refractivity (Wildman–Crippen MR) is 61.1 cm³/mol. The number of nitrogens with one attached hydrogen (secondary N) is 1. The molecule has 1 aromatic heterocycles. The summed E-state index contributed by atoms with van der Waals surface area (Å²) in [6.07, 6.45) is 0. The maximum absolute atomic E-state index is 11.9. The normalized spacial score (nSPS) is 17.3. The van der Waals surface area contributed by atoms with Gasteiger partial charge in [0, 0.05) is 13.1 Å². The number of amides is 1. The molecule has 0 saturated carbocycles. The second kappa shape index (κ2) is 4.77. The minimum Gasteiger partial charge on any atom is -0.379 e. The number of hydrogen-bond acceptors (Lipinski definition) is 6. The molecule has 88 valence electrons. The van der Waals surface area contributed by atoms with E-state index in [4.69, 9.17) is 10.5 Å². The number of nitrogen functional groups attached to an aromatic ring is 1. The molecular weight excluding hydrogens is 228 g/mol. The van der Waals surface area contributed by atoms with E-state index in [-0.39, 0.29) is 5.91 Å². The van der Waals surface area contributed by atoms with Crippen LogP contribution in [0.1, 0.15) is 15.4 Å². The molecule has 0 spiro atoms. The number of anilines is 1. The highest BCUT2D eigenvalue weighted by molar-refractivity contribution is 7.17. The Hall–Kier alpha value is -1.18. The highest BCUT2D eigenvalue weighted by Gasteiger charge is 2.18. The number of thiazole rings is 1. The first kappa shape index (κ1) is 11.3. The van der Waals surface area contributed by atoms with Gasteiger partial charge in [0.1, 0.15) is 4.88 Å². The van der Waals surface area contributed by atoms with Crippen LogP contribution in [-0.4, -0.2) is 42.2 Å². The van der Waals surface area contributed by atoms with Gasteiger partial charge in [-0.1, -0.05) is 11.3 Å². The Kier molecular flexibility index (Phi) is 3.37. The number of nitrogens with two attached hydrogens (primary N) is 1. The van der Waals surface area contributed by atoms with Crippen LogP contribution >= 0.6 is 11.3 Å². The van der Waals surface area contributed by atoms with E-state index in [9.17, 15) is 4.79 Å². The highest BCUT2D eigenvalue weighted by atomic mass is 32.1. The van der Waals surface area contributed by atoms with E-state index in [0.29, 0.717) is 42.0 Å². The smallest absolute Gasteiger partial charge is 0.277 e. The Bertz CT molecular complexity index is 387. The minimum absolute atomic E-state index is 0.145. The first-order valence-electron chi connectivity index (χ1n) is 5.03. The molecule has 3 N–H and O–H groups in total. The molecule has 1 amide bonds. The van der Waals surface area contributed by atoms with Crippen molar-refractivity contribution in [2.45, 2.75) is 6.92 Å². The van der Waals surface area contributed by atoms with Gasteiger partial charge in [0.15, 0.2) is 5.13 Å². The van der Waals surface area contributed by atoms with Crippen molar-refractivity contribution < 1.29 is 9.53 Å². The van der Waals surface area contributed by atoms with E-state index in [1.807, 2.05) is 5.01 Å². The van der Waals surface area contributed by atoms with Gasteiger partial charge in [-0.05, 0) is 6.92 Å². The van der Waals surface area contributed by atoms with E-state index in [2.05, 4.69) is 10.4 Å². The van der Waals surface area contributed by atoms with E-state index >= 15 is 0 Å². The summed E-state index contributed by atoms with van der Waals surface area (Å²) in [5, 5.41) is 2.27. The Labute approximate surface area is 97.4 Å². The van der Waals surface area contributed by atoms with Crippen molar-refractivity contribution in [3.63, 3.8) is 0 Å². The molecule has 0 aromatic carbocycles. The zero-order chi connectivity index (χ0) is 11.5. The van der Waals surface area contributed by atoms with Crippen LogP contribution < -0.4 is 11.2 Å². The molecule has 0 radical (unpaired) electrons. The van der Waals surface area contributed by atoms with Crippen LogP contribution in [0, 0.1) is 6.92 Å². The summed E-state index contributed by atoms with van der Waals surface area (Å²) in [6.45, 7) is 4.48. The topological polar surface area (TPSA) is 80.5 Å². The van der Waals surface area contributed by atoms with Crippen molar-refractivity contribution in [3.8, 4) is 0 Å². The summed E-state index contributed by atoms with van der Waals surface area (Å²) < 4.78 is 5.19. The number of aryl methyl sites for hydroxylation is 1. The number of carbonyl (C=O) groups excluding carboxylic acids is 1. The van der Waals surface area contributed by atoms with Gasteiger partial charge in [-0.2, -0.15) is 0 Å². The van der Waals surface area contributed by atoms with Gasteiger partial charge in [-0.25, -0.2) is 9.99 Å². The lowest BCUT2D eigenvalue weighted by atomic mass is 10.4. The Morgan fingerprint density at radius 2 is 2.25 bits per heavy atom. The second-order valence-corrected chi connectivity index (χ2v) is 4.54. The molecule has 2 rings (SSSR count). The van der Waals surface area contributed by atoms with Crippen LogP contribution in [0.4, 0.5) is 5.13 Å². The molecule has 16 heavy (non-hydrogen) atoms. The summed E-state index contributed by atoms with van der Waals surface area (Å²) >= 11 is 1.21. The molecule has 6 nitrogen and oxygen atoms in total. The lowest BCUT2D eigenvalue weighted by molar-refractivity contribution is 0.0127. The fraction of sp³-hybridized carbons (Fsp3) is 0.556. The minimum atomic E-state index is -0.145. The molecule has 1 aliphatic heterocycles. The standard InChI is InChI=1S/C9H14N4O2S/c1-6-7(16-9(10)11-6)8(14)12-13-2-4-15-5-3-13/h2-5H2,1H3,(H2,10,11)(H,12,14). The number of rotatable bonds is 2. The van der Waals surface area contributed by atoms with Crippen molar-refractivity contribution in [3.05, 3.63) is 10.6 Å². The molecule has 7 heteroatoms. The number of morpholine rings is 1. The van der Waals surface area contributed by atoms with Crippen LogP contribution in [0.15, 0.2) is 0 Å². The number of carbonyl (C=O) groups is 1. The first-order chi connectivity index (χ1) is 7.66. The number of aromatic nitrogens is 1. The van der Waals surface area contributed by atoms with Gasteiger partial charge in [0.2, 0.25) is 0 Å². The Morgan fingerprint density at radius 3 is 2.81 bits per heavy atom. The highest BCUT2D eigenvalue weighted by Crippen LogP contribution is 2.19. The number of hydrazine groups is 1. The van der Waals surface area contributed by atoms with E-state index in [1.165, 1.54) is 11.3 Å². The number of hydrogen-bond donors (Lipinski definition) is 2. The van der Waals surface area contributed by atoms with Crippen molar-refractivity contribution in [2.24, 2.45) is 0 Å². The van der Waals surface area contributed by atoms with Gasteiger partial charge < -0.3 is 10.5 Å². The van der Waals surface area contributed by atoms with E-state index < -0.39 is 0 Å². The number of ether oxygens (including phenoxy) is 1. The average molecular weight is 242 g/mol. The maximum Gasteiger partial charge on any atom is 0.277 e. The zero-order valence-corrected chi connectivity index (χ0v) is 9.84. The second-order valence-electron chi connectivity index (χ2n) is 3.51. The van der Waals surface area contributed by atoms with Gasteiger partial charge in [0.05, 0.1) is 18.9 Å². The summed E-state index contributed by atoms with van der Waals surface area (Å²) in [4.78, 5) is 16.5. The third kappa shape index (κ3) is 2.49. The largest absolute Gasteiger partial charge is 0.379 e. The van der Waals surface area contributed by atoms with Gasteiger partial charge >= 0.3 is 0 Å². The van der Waals surface area contributed by atoms with Crippen molar-refractivity contribution in [1.29, 1.82) is 0 Å². The fourth-order valence-electron chi connectivity index (χ4n) is 1.50. The van der Waals surface area contributed by atoms with E-state index in [1.54, 1.807) is 6.92 Å². The quantitative estimate of drug-likeness (QED) is 0.763. The van der Waals surface area contributed by atoms with Gasteiger partial charge in [-0.3, -0.25) is 10.2 Å². The zero-order valence-electron chi connectivity index (χ0n) is 9.02. The maximum atomic E-state index is 11.9. The van der Waals surface area contributed by atoms with Gasteiger partial charge in [-0.15, -0.1) is 0 Å². The van der Waals surface area contributed by atoms with Gasteiger partial charge in [0.25, 0.3) is 5.91 Å². The van der Waals surface area contributed by atoms with Crippen LogP contribution in [-0.2, 0) is 4.74 Å².